The number of hydrogen-bond donors (Lipinski definition) is 0. The first-order chi connectivity index (χ1) is 12.7. The van der Waals surface area contributed by atoms with Crippen molar-refractivity contribution >= 4 is 18.0 Å². The molecule has 1 saturated heterocycles. The molecule has 1 aliphatic heterocycles. The van der Waals surface area contributed by atoms with Crippen LogP contribution in [0.15, 0.2) is 36.4 Å². The predicted molar refractivity (Wildman–Crippen MR) is 102 cm³/mol. The molecule has 4 nitrogen and oxygen atoms in total. The highest BCUT2D eigenvalue weighted by Gasteiger charge is 2.47. The van der Waals surface area contributed by atoms with Crippen molar-refractivity contribution in [2.45, 2.75) is 64.0 Å². The number of nitrogens with zero attached hydrogens (tertiary/aromatic N) is 1. The van der Waals surface area contributed by atoms with Crippen LogP contribution in [0.4, 0.5) is 0 Å². The average molecular weight is 355 g/mol. The first kappa shape index (κ1) is 18.7. The van der Waals surface area contributed by atoms with E-state index in [0.717, 1.165) is 44.1 Å². The van der Waals surface area contributed by atoms with E-state index in [-0.39, 0.29) is 17.9 Å². The van der Waals surface area contributed by atoms with Crippen molar-refractivity contribution in [3.63, 3.8) is 0 Å². The molecule has 1 aliphatic carbocycles. The maximum atomic E-state index is 12.9. The summed E-state index contributed by atoms with van der Waals surface area (Å²) in [4.78, 5) is 27.4. The number of carbonyl (C=O) groups is 2. The summed E-state index contributed by atoms with van der Waals surface area (Å²) in [6, 6.07) is 9.54. The monoisotopic (exact) mass is 355 g/mol. The van der Waals surface area contributed by atoms with Gasteiger partial charge in [-0.3, -0.25) is 4.79 Å². The molecule has 0 bridgehead atoms. The third-order valence-corrected chi connectivity index (χ3v) is 5.57. The van der Waals surface area contributed by atoms with E-state index < -0.39 is 6.04 Å². The van der Waals surface area contributed by atoms with E-state index in [0.29, 0.717) is 12.5 Å². The molecule has 3 atom stereocenters. The van der Waals surface area contributed by atoms with E-state index in [1.54, 1.807) is 6.08 Å². The minimum atomic E-state index is -0.423. The Morgan fingerprint density at radius 3 is 2.73 bits per heavy atom. The Kier molecular flexibility index (Phi) is 6.48. The number of hydrogen-bond acceptors (Lipinski definition) is 3. The Labute approximate surface area is 156 Å². The zero-order valence-corrected chi connectivity index (χ0v) is 15.6. The number of ether oxygens (including phenoxy) is 1. The molecule has 1 amide bonds. The van der Waals surface area contributed by atoms with Gasteiger partial charge in [0.15, 0.2) is 0 Å². The highest BCUT2D eigenvalue weighted by molar-refractivity contribution is 5.95. The van der Waals surface area contributed by atoms with Gasteiger partial charge in [0.1, 0.15) is 6.04 Å². The lowest BCUT2D eigenvalue weighted by Gasteiger charge is -2.32. The summed E-state index contributed by atoms with van der Waals surface area (Å²) in [7, 11) is 0. The first-order valence-corrected chi connectivity index (χ1v) is 9.92. The van der Waals surface area contributed by atoms with Crippen LogP contribution in [-0.2, 0) is 14.3 Å². The normalized spacial score (nSPS) is 25.3. The fourth-order valence-corrected chi connectivity index (χ4v) is 4.22. The summed E-state index contributed by atoms with van der Waals surface area (Å²) in [6.07, 6.45) is 10.5. The van der Waals surface area contributed by atoms with E-state index in [2.05, 4.69) is 6.92 Å². The van der Waals surface area contributed by atoms with Crippen molar-refractivity contribution in [1.82, 2.24) is 4.90 Å². The molecule has 0 spiro atoms. The molecular weight excluding hydrogens is 326 g/mol. The summed E-state index contributed by atoms with van der Waals surface area (Å²) >= 11 is 0. The Morgan fingerprint density at radius 1 is 1.19 bits per heavy atom. The SMILES string of the molecule is CCCCOC(=O)C1CC2CCCCC2N1C(=O)/C=C/c1ccccc1. The zero-order chi connectivity index (χ0) is 18.4. The molecule has 1 aromatic carbocycles. The van der Waals surface area contributed by atoms with Crippen molar-refractivity contribution in [3.8, 4) is 0 Å². The van der Waals surface area contributed by atoms with E-state index in [4.69, 9.17) is 4.74 Å². The second-order valence-corrected chi connectivity index (χ2v) is 7.37. The van der Waals surface area contributed by atoms with Gasteiger partial charge in [-0.05, 0) is 43.2 Å². The molecular formula is C22H29NO3. The third kappa shape index (κ3) is 4.35. The summed E-state index contributed by atoms with van der Waals surface area (Å²) in [5.41, 5.74) is 0.988. The molecule has 4 heteroatoms. The number of esters is 1. The topological polar surface area (TPSA) is 46.6 Å². The van der Waals surface area contributed by atoms with E-state index in [1.807, 2.05) is 41.3 Å². The quantitative estimate of drug-likeness (QED) is 0.436. The van der Waals surface area contributed by atoms with Gasteiger partial charge < -0.3 is 9.64 Å². The predicted octanol–water partition coefficient (Wildman–Crippen LogP) is 4.20. The van der Waals surface area contributed by atoms with Crippen molar-refractivity contribution in [2.24, 2.45) is 5.92 Å². The lowest BCUT2D eigenvalue weighted by atomic mass is 9.85. The fraction of sp³-hybridized carbons (Fsp3) is 0.545. The Morgan fingerprint density at radius 2 is 1.96 bits per heavy atom. The summed E-state index contributed by atoms with van der Waals surface area (Å²) in [5.74, 6) is 0.136. The van der Waals surface area contributed by atoms with Gasteiger partial charge in [0.2, 0.25) is 5.91 Å². The molecule has 1 saturated carbocycles. The molecule has 140 valence electrons. The van der Waals surface area contributed by atoms with Gasteiger partial charge in [-0.1, -0.05) is 56.5 Å². The van der Waals surface area contributed by atoms with Crippen LogP contribution >= 0.6 is 0 Å². The highest BCUT2D eigenvalue weighted by atomic mass is 16.5. The second kappa shape index (κ2) is 9.02. The van der Waals surface area contributed by atoms with E-state index in [1.165, 1.54) is 6.42 Å². The van der Waals surface area contributed by atoms with E-state index in [9.17, 15) is 9.59 Å². The first-order valence-electron chi connectivity index (χ1n) is 9.92. The van der Waals surface area contributed by atoms with Crippen LogP contribution in [0.5, 0.6) is 0 Å². The van der Waals surface area contributed by atoms with Crippen LogP contribution in [0.1, 0.15) is 57.4 Å². The van der Waals surface area contributed by atoms with E-state index >= 15 is 0 Å². The standard InChI is InChI=1S/C22H29NO3/c1-2-3-15-26-22(25)20-16-18-11-7-8-12-19(18)23(20)21(24)14-13-17-9-5-4-6-10-17/h4-6,9-10,13-14,18-20H,2-3,7-8,11-12,15-16H2,1H3/b14-13+. The maximum absolute atomic E-state index is 12.9. The van der Waals surface area contributed by atoms with Gasteiger partial charge in [-0.15, -0.1) is 0 Å². The Bertz CT molecular complexity index is 640. The number of unbranched alkanes of at least 4 members (excludes halogenated alkanes) is 1. The van der Waals surface area contributed by atoms with Gasteiger partial charge in [-0.25, -0.2) is 4.79 Å². The number of rotatable bonds is 6. The summed E-state index contributed by atoms with van der Waals surface area (Å²) in [5, 5.41) is 0. The van der Waals surface area contributed by atoms with Crippen LogP contribution in [-0.4, -0.2) is 35.5 Å². The lowest BCUT2D eigenvalue weighted by Crippen LogP contribution is -2.46. The Hall–Kier alpha value is -2.10. The number of fused-ring (bicyclic) bond motifs is 1. The van der Waals surface area contributed by atoms with Crippen LogP contribution < -0.4 is 0 Å². The zero-order valence-electron chi connectivity index (χ0n) is 15.6. The molecule has 0 radical (unpaired) electrons. The van der Waals surface area contributed by atoms with Crippen molar-refractivity contribution in [2.75, 3.05) is 6.61 Å². The van der Waals surface area contributed by atoms with Gasteiger partial charge >= 0.3 is 5.97 Å². The third-order valence-electron chi connectivity index (χ3n) is 5.57. The van der Waals surface area contributed by atoms with Gasteiger partial charge in [0.25, 0.3) is 0 Å². The number of benzene rings is 1. The molecule has 3 rings (SSSR count). The van der Waals surface area contributed by atoms with Crippen LogP contribution in [0.3, 0.4) is 0 Å². The molecule has 2 aliphatic rings. The maximum Gasteiger partial charge on any atom is 0.328 e. The second-order valence-electron chi connectivity index (χ2n) is 7.37. The summed E-state index contributed by atoms with van der Waals surface area (Å²) < 4.78 is 5.46. The minimum Gasteiger partial charge on any atom is -0.464 e. The van der Waals surface area contributed by atoms with Gasteiger partial charge in [-0.2, -0.15) is 0 Å². The largest absolute Gasteiger partial charge is 0.464 e. The van der Waals surface area contributed by atoms with Crippen molar-refractivity contribution in [1.29, 1.82) is 0 Å². The van der Waals surface area contributed by atoms with Gasteiger partial charge in [0, 0.05) is 12.1 Å². The average Bonchev–Trinajstić information content (AvgIpc) is 3.07. The highest BCUT2D eigenvalue weighted by Crippen LogP contribution is 2.40. The summed E-state index contributed by atoms with van der Waals surface area (Å²) in [6.45, 7) is 2.52. The smallest absolute Gasteiger partial charge is 0.328 e. The van der Waals surface area contributed by atoms with Crippen molar-refractivity contribution in [3.05, 3.63) is 42.0 Å². The molecule has 0 N–H and O–H groups in total. The van der Waals surface area contributed by atoms with Crippen molar-refractivity contribution < 1.29 is 14.3 Å². The number of likely N-dealkylation sites (tertiary alicyclic amines) is 1. The molecule has 1 aromatic rings. The van der Waals surface area contributed by atoms with Crippen LogP contribution in [0, 0.1) is 5.92 Å². The minimum absolute atomic E-state index is 0.0688. The molecule has 1 heterocycles. The van der Waals surface area contributed by atoms with Crippen LogP contribution in [0.2, 0.25) is 0 Å². The van der Waals surface area contributed by atoms with Gasteiger partial charge in [0.05, 0.1) is 6.61 Å². The molecule has 26 heavy (non-hydrogen) atoms. The molecule has 2 fully saturated rings. The number of carbonyl (C=O) groups excluding carboxylic acids is 2. The molecule has 3 unspecified atom stereocenters. The fourth-order valence-electron chi connectivity index (χ4n) is 4.22. The van der Waals surface area contributed by atoms with Crippen LogP contribution in [0.25, 0.3) is 6.08 Å². The Balaban J connectivity index is 1.73. The number of amides is 1. The lowest BCUT2D eigenvalue weighted by molar-refractivity contribution is -0.153. The molecule has 0 aromatic heterocycles.